The maximum atomic E-state index is 12.9. The molecule has 2 fully saturated rings. The van der Waals surface area contributed by atoms with Crippen molar-refractivity contribution in [1.82, 2.24) is 0 Å². The number of ether oxygens (including phenoxy) is 19. The summed E-state index contributed by atoms with van der Waals surface area (Å²) in [7, 11) is 0. The molecular weight excluding hydrogens is 1200 g/mol. The van der Waals surface area contributed by atoms with Crippen LogP contribution in [0, 0.1) is 5.92 Å². The Kier molecular flexibility index (Phi) is 35.0. The number of carbonyl (C=O) groups is 7. The highest BCUT2D eigenvalue weighted by Gasteiger charge is 2.54. The number of hydrogen-bond acceptors (Lipinski definition) is 34. The van der Waals surface area contributed by atoms with E-state index in [2.05, 4.69) is 6.58 Å². The highest BCUT2D eigenvalue weighted by Crippen LogP contribution is 2.37. The van der Waals surface area contributed by atoms with Crippen LogP contribution < -0.4 is 0 Å². The molecule has 2 aliphatic rings. The zero-order valence-electron chi connectivity index (χ0n) is 52.7. The van der Waals surface area contributed by atoms with Crippen LogP contribution in [-0.2, 0) is 124 Å². The van der Waals surface area contributed by atoms with E-state index in [0.29, 0.717) is 0 Å². The summed E-state index contributed by atoms with van der Waals surface area (Å²) in [6, 6.07) is 0. The van der Waals surface area contributed by atoms with Crippen molar-refractivity contribution in [3.8, 4) is 0 Å². The Morgan fingerprint density at radius 2 is 0.596 bits per heavy atom. The molecule has 0 spiro atoms. The summed E-state index contributed by atoms with van der Waals surface area (Å²) in [5, 5.41) is 80.4. The lowest BCUT2D eigenvalue weighted by Gasteiger charge is -2.48. The second-order valence-corrected chi connectivity index (χ2v) is 20.9. The van der Waals surface area contributed by atoms with Gasteiger partial charge in [-0.15, -0.1) is 0 Å². The van der Waals surface area contributed by atoms with E-state index in [-0.39, 0.29) is 5.76 Å². The molecule has 0 aliphatic carbocycles. The molecule has 0 aromatic heterocycles. The molecule has 0 saturated carbocycles. The van der Waals surface area contributed by atoms with Gasteiger partial charge < -0.3 is 131 Å². The molecule has 0 aromatic rings. The van der Waals surface area contributed by atoms with Crippen LogP contribution >= 0.6 is 0 Å². The summed E-state index contributed by atoms with van der Waals surface area (Å²) in [4.78, 5) is 89.0. The van der Waals surface area contributed by atoms with Crippen LogP contribution in [0.4, 0.5) is 0 Å². The summed E-state index contributed by atoms with van der Waals surface area (Å²) in [5.41, 5.74) is 0. The predicted octanol–water partition coefficient (Wildman–Crippen LogP) is -1.77. The molecule has 2 rings (SSSR count). The topological polar surface area (TPSA) is 457 Å². The van der Waals surface area contributed by atoms with Crippen molar-refractivity contribution in [3.05, 3.63) is 12.3 Å². The zero-order valence-corrected chi connectivity index (χ0v) is 52.7. The Bertz CT molecular complexity index is 2190. The molecule has 0 aromatic carbocycles. The van der Waals surface area contributed by atoms with Crippen molar-refractivity contribution in [2.45, 2.75) is 265 Å². The third kappa shape index (κ3) is 28.2. The molecule has 0 bridgehead atoms. The van der Waals surface area contributed by atoms with E-state index >= 15 is 0 Å². The van der Waals surface area contributed by atoms with Crippen molar-refractivity contribution >= 4 is 41.8 Å². The maximum Gasteiger partial charge on any atom is 0.336 e. The number of aliphatic hydroxyl groups excluding tert-OH is 8. The Morgan fingerprint density at radius 1 is 0.315 bits per heavy atom. The van der Waals surface area contributed by atoms with Crippen LogP contribution in [0.2, 0.25) is 0 Å². The van der Waals surface area contributed by atoms with Gasteiger partial charge in [-0.05, 0) is 111 Å². The van der Waals surface area contributed by atoms with E-state index in [4.69, 9.17) is 90.0 Å². The molecule has 34 nitrogen and oxygen atoms in total. The average Bonchev–Trinajstić information content (AvgIpc) is 0.851. The Balaban J connectivity index is 3.08. The van der Waals surface area contributed by atoms with Gasteiger partial charge in [-0.2, -0.15) is 0 Å². The summed E-state index contributed by atoms with van der Waals surface area (Å²) < 4.78 is 112. The van der Waals surface area contributed by atoms with E-state index in [0.717, 1.165) is 48.5 Å². The Morgan fingerprint density at radius 3 is 0.944 bits per heavy atom. The van der Waals surface area contributed by atoms with Crippen LogP contribution in [0.25, 0.3) is 0 Å². The van der Waals surface area contributed by atoms with E-state index < -0.39 is 228 Å². The minimum Gasteiger partial charge on any atom is -0.467 e. The fourth-order valence-electron chi connectivity index (χ4n) is 7.95. The van der Waals surface area contributed by atoms with Gasteiger partial charge in [0.25, 0.3) is 0 Å². The average molecular weight is 1300 g/mol. The van der Waals surface area contributed by atoms with Crippen molar-refractivity contribution in [2.75, 3.05) is 26.4 Å². The summed E-state index contributed by atoms with van der Waals surface area (Å²) >= 11 is 0. The normalized spacial score (nSPS) is 27.5. The molecule has 8 N–H and O–H groups in total. The number of aliphatic hydroxyl groups is 8. The van der Waals surface area contributed by atoms with Gasteiger partial charge in [0.05, 0.1) is 32.5 Å². The van der Waals surface area contributed by atoms with E-state index in [1.807, 2.05) is 0 Å². The molecule has 34 heteroatoms. The smallest absolute Gasteiger partial charge is 0.336 e. The number of hydrogen-bond donors (Lipinski definition) is 8. The number of esters is 7. The van der Waals surface area contributed by atoms with Crippen LogP contribution in [0.1, 0.15) is 111 Å². The molecule has 0 amide bonds. The number of rotatable bonds is 39. The maximum absolute atomic E-state index is 12.9. The SMILES string of the molecule is C=C(OC(C)OCC1OC(OC(C)OC(=O)C(C)O)C(OC(C)OC(=O)C(C)O)C(OC(C)OC(=O)C(C)O)C1COCC1OC(COC(C)OC(=O)C(C)O)C(OC(C)OC(=O)C(C)O)C(OC(C)OC(=O)C(C)O)C1OC(C)OC(=O)C(C)O)C(C)O. The molecule has 0 radical (unpaired) electrons. The molecule has 516 valence electrons. The van der Waals surface area contributed by atoms with Gasteiger partial charge in [0.15, 0.2) is 18.9 Å². The van der Waals surface area contributed by atoms with Gasteiger partial charge in [0, 0.05) is 5.92 Å². The van der Waals surface area contributed by atoms with E-state index in [9.17, 15) is 74.4 Å². The molecule has 2 aliphatic heterocycles. The Labute approximate surface area is 514 Å². The van der Waals surface area contributed by atoms with Crippen LogP contribution in [0.15, 0.2) is 12.3 Å². The first-order valence-electron chi connectivity index (χ1n) is 28.6. The first-order chi connectivity index (χ1) is 41.3. The van der Waals surface area contributed by atoms with Gasteiger partial charge in [-0.1, -0.05) is 6.58 Å². The second-order valence-electron chi connectivity index (χ2n) is 20.9. The lowest BCUT2D eigenvalue weighted by molar-refractivity contribution is -0.365. The van der Waals surface area contributed by atoms with Crippen molar-refractivity contribution in [1.29, 1.82) is 0 Å². The summed E-state index contributed by atoms with van der Waals surface area (Å²) in [5.74, 6) is -9.54. The second kappa shape index (κ2) is 38.8. The first kappa shape index (κ1) is 80.2. The molecule has 2 saturated heterocycles. The van der Waals surface area contributed by atoms with Crippen molar-refractivity contribution in [3.63, 3.8) is 0 Å². The van der Waals surface area contributed by atoms with Gasteiger partial charge >= 0.3 is 41.8 Å². The van der Waals surface area contributed by atoms with E-state index in [1.165, 1.54) is 62.3 Å². The third-order valence-corrected chi connectivity index (χ3v) is 12.3. The molecule has 26 atom stereocenters. The standard InChI is InChI=1S/C55H92O34/c1-22(56)30(9)74-31(10)72-20-40-39(43(75-33(12)81-49(65)24(3)58)47(79-37(16)85-53(69)28(7)62)55(89-40)87-38(17)86-54(70)29(8)63)18-71-19-41-44(76-34(13)82-50(66)25(4)59)46(78-36(15)84-52(68)27(6)61)45(77-35(14)83-51(67)26(5)60)42(88-41)21-73-32(11)80-48(64)23(2)57/h22-29,31-47,55-63H,9,18-21H2,1-8,10-17H3. The van der Waals surface area contributed by atoms with Gasteiger partial charge in [-0.25, -0.2) is 33.6 Å². The minimum atomic E-state index is -1.80. The zero-order chi connectivity index (χ0) is 67.9. The van der Waals surface area contributed by atoms with Crippen molar-refractivity contribution in [2.24, 2.45) is 5.92 Å². The molecule has 26 unspecified atom stereocenters. The van der Waals surface area contributed by atoms with Crippen LogP contribution in [0.5, 0.6) is 0 Å². The van der Waals surface area contributed by atoms with Crippen LogP contribution in [-0.4, -0.2) is 263 Å². The lowest BCUT2D eigenvalue weighted by Crippen LogP contribution is -2.64. The summed E-state index contributed by atoms with van der Waals surface area (Å²) in [6.45, 7) is 20.5. The summed E-state index contributed by atoms with van der Waals surface area (Å²) in [6.07, 6.45) is -39.8. The monoisotopic (exact) mass is 1300 g/mol. The fraction of sp³-hybridized carbons (Fsp3) is 0.836. The Hall–Kier alpha value is -4.93. The van der Waals surface area contributed by atoms with Gasteiger partial charge in [0.1, 0.15) is 97.3 Å². The number of carbonyl (C=O) groups excluding carboxylic acids is 7. The largest absolute Gasteiger partial charge is 0.467 e. The minimum absolute atomic E-state index is 0.111. The highest BCUT2D eigenvalue weighted by atomic mass is 16.8. The van der Waals surface area contributed by atoms with Gasteiger partial charge in [0.2, 0.25) is 37.7 Å². The molecule has 89 heavy (non-hydrogen) atoms. The highest BCUT2D eigenvalue weighted by molar-refractivity contribution is 5.76. The van der Waals surface area contributed by atoms with E-state index in [1.54, 1.807) is 0 Å². The van der Waals surface area contributed by atoms with Crippen molar-refractivity contribution < 1.29 is 164 Å². The predicted molar refractivity (Wildman–Crippen MR) is 291 cm³/mol. The quantitative estimate of drug-likeness (QED) is 0.0146. The first-order valence-corrected chi connectivity index (χ1v) is 28.6. The lowest BCUT2D eigenvalue weighted by atomic mass is 9.89. The van der Waals surface area contributed by atoms with Crippen LogP contribution in [0.3, 0.4) is 0 Å². The fourth-order valence-corrected chi connectivity index (χ4v) is 7.95. The molecular formula is C55H92O34. The third-order valence-electron chi connectivity index (χ3n) is 12.3. The van der Waals surface area contributed by atoms with Gasteiger partial charge in [-0.3, -0.25) is 0 Å². The molecule has 2 heterocycles.